The lowest BCUT2D eigenvalue weighted by atomic mass is 10.1. The van der Waals surface area contributed by atoms with Gasteiger partial charge in [0.05, 0.1) is 14.2 Å². The Morgan fingerprint density at radius 2 is 1.87 bits per heavy atom. The molecular weight excluding hydrogens is 392 g/mol. The number of para-hydroxylation sites is 1. The van der Waals surface area contributed by atoms with Crippen molar-refractivity contribution in [2.24, 2.45) is 4.99 Å². The quantitative estimate of drug-likeness (QED) is 0.440. The third kappa shape index (κ3) is 5.15. The molecule has 1 aliphatic rings. The first kappa shape index (κ1) is 22.2. The van der Waals surface area contributed by atoms with Gasteiger partial charge in [-0.2, -0.15) is 0 Å². The highest BCUT2D eigenvalue weighted by atomic mass is 16.6. The number of aryl methyl sites for hydroxylation is 2. The number of nitrogens with one attached hydrogen (secondary N) is 1. The van der Waals surface area contributed by atoms with E-state index in [4.69, 9.17) is 14.2 Å². The van der Waals surface area contributed by atoms with Crippen molar-refractivity contribution in [3.05, 3.63) is 65.0 Å². The summed E-state index contributed by atoms with van der Waals surface area (Å²) in [6, 6.07) is 11.8. The molecule has 1 N–H and O–H groups in total. The molecule has 4 rings (SSSR count). The number of esters is 1. The minimum absolute atomic E-state index is 0.278. The van der Waals surface area contributed by atoms with E-state index < -0.39 is 5.97 Å². The van der Waals surface area contributed by atoms with Crippen molar-refractivity contribution in [1.29, 1.82) is 0 Å². The van der Waals surface area contributed by atoms with Crippen LogP contribution < -0.4 is 9.47 Å². The smallest absolute Gasteiger partial charge is 0.363 e. The number of cyclic esters (lactones) is 1. The number of rotatable bonds is 5. The molecule has 2 heterocycles. The Labute approximate surface area is 182 Å². The van der Waals surface area contributed by atoms with E-state index in [2.05, 4.69) is 48.2 Å². The van der Waals surface area contributed by atoms with Crippen molar-refractivity contribution in [2.75, 3.05) is 14.2 Å². The van der Waals surface area contributed by atoms with Crippen molar-refractivity contribution in [3.63, 3.8) is 0 Å². The molecule has 3 aromatic rings. The fourth-order valence-corrected chi connectivity index (χ4v) is 3.46. The lowest BCUT2D eigenvalue weighted by Gasteiger charge is -2.07. The zero-order valence-electron chi connectivity index (χ0n) is 18.6. The average molecular weight is 421 g/mol. The SMILES string of the molecule is CCCc1c[nH]c2c(C)cccc12.COc1ccc(/C=C2\N=C(C)OC2=O)cc1OC. The molecule has 1 aromatic heterocycles. The molecule has 6 nitrogen and oxygen atoms in total. The van der Waals surface area contributed by atoms with E-state index in [9.17, 15) is 4.79 Å². The van der Waals surface area contributed by atoms with Crippen LogP contribution in [0.25, 0.3) is 17.0 Å². The highest BCUT2D eigenvalue weighted by Gasteiger charge is 2.19. The summed E-state index contributed by atoms with van der Waals surface area (Å²) < 4.78 is 15.2. The van der Waals surface area contributed by atoms with Gasteiger partial charge in [0, 0.05) is 24.0 Å². The minimum Gasteiger partial charge on any atom is -0.493 e. The maximum absolute atomic E-state index is 11.4. The number of benzene rings is 2. The summed E-state index contributed by atoms with van der Waals surface area (Å²) in [6.07, 6.45) is 6.16. The largest absolute Gasteiger partial charge is 0.493 e. The number of hydrogen-bond acceptors (Lipinski definition) is 5. The number of fused-ring (bicyclic) bond motifs is 1. The molecule has 0 saturated carbocycles. The molecule has 2 aromatic carbocycles. The molecule has 0 amide bonds. The third-order valence-corrected chi connectivity index (χ3v) is 4.97. The van der Waals surface area contributed by atoms with Crippen LogP contribution in [0.1, 0.15) is 37.0 Å². The van der Waals surface area contributed by atoms with E-state index in [1.807, 2.05) is 6.07 Å². The summed E-state index contributed by atoms with van der Waals surface area (Å²) in [7, 11) is 3.12. The van der Waals surface area contributed by atoms with E-state index in [0.717, 1.165) is 5.56 Å². The number of carbonyl (C=O) groups is 1. The van der Waals surface area contributed by atoms with E-state index in [1.165, 1.54) is 34.9 Å². The number of aromatic amines is 1. The van der Waals surface area contributed by atoms with E-state index >= 15 is 0 Å². The molecule has 31 heavy (non-hydrogen) atoms. The third-order valence-electron chi connectivity index (χ3n) is 4.97. The Balaban J connectivity index is 0.000000185. The van der Waals surface area contributed by atoms with Gasteiger partial charge in [-0.15, -0.1) is 0 Å². The van der Waals surface area contributed by atoms with Crippen LogP contribution in [0.2, 0.25) is 0 Å². The zero-order valence-corrected chi connectivity index (χ0v) is 18.6. The number of methoxy groups -OCH3 is 2. The summed E-state index contributed by atoms with van der Waals surface area (Å²) in [5.41, 5.74) is 5.14. The molecule has 6 heteroatoms. The Hall–Kier alpha value is -3.54. The van der Waals surface area contributed by atoms with Crippen molar-refractivity contribution in [1.82, 2.24) is 4.98 Å². The number of aliphatic imine (C=N–C) groups is 1. The van der Waals surface area contributed by atoms with Gasteiger partial charge in [-0.05, 0) is 48.2 Å². The molecule has 0 fully saturated rings. The van der Waals surface area contributed by atoms with Gasteiger partial charge in [0.1, 0.15) is 0 Å². The maximum Gasteiger partial charge on any atom is 0.363 e. The van der Waals surface area contributed by atoms with Crippen LogP contribution in [-0.2, 0) is 16.0 Å². The topological polar surface area (TPSA) is 72.9 Å². The molecule has 162 valence electrons. The van der Waals surface area contributed by atoms with Gasteiger partial charge < -0.3 is 19.2 Å². The van der Waals surface area contributed by atoms with Gasteiger partial charge in [0.15, 0.2) is 23.1 Å². The highest BCUT2D eigenvalue weighted by Crippen LogP contribution is 2.29. The normalized spacial score (nSPS) is 14.2. The molecule has 0 saturated heterocycles. The number of hydrogen-bond donors (Lipinski definition) is 1. The van der Waals surface area contributed by atoms with Gasteiger partial charge >= 0.3 is 5.97 Å². The number of aromatic nitrogens is 1. The second-order valence-electron chi connectivity index (χ2n) is 7.23. The van der Waals surface area contributed by atoms with Gasteiger partial charge in [-0.25, -0.2) is 9.79 Å². The van der Waals surface area contributed by atoms with Crippen LogP contribution >= 0.6 is 0 Å². The van der Waals surface area contributed by atoms with E-state index in [0.29, 0.717) is 17.4 Å². The van der Waals surface area contributed by atoms with Gasteiger partial charge in [-0.3, -0.25) is 0 Å². The monoisotopic (exact) mass is 420 g/mol. The van der Waals surface area contributed by atoms with Crippen LogP contribution in [0, 0.1) is 6.92 Å². The number of carbonyl (C=O) groups excluding carboxylic acids is 1. The Kier molecular flexibility index (Phi) is 7.13. The predicted molar refractivity (Wildman–Crippen MR) is 124 cm³/mol. The van der Waals surface area contributed by atoms with E-state index in [-0.39, 0.29) is 5.70 Å². The predicted octanol–water partition coefficient (Wildman–Crippen LogP) is 5.45. The van der Waals surface area contributed by atoms with Gasteiger partial charge in [0.2, 0.25) is 0 Å². The zero-order chi connectivity index (χ0) is 22.4. The van der Waals surface area contributed by atoms with Crippen molar-refractivity contribution >= 4 is 28.8 Å². The van der Waals surface area contributed by atoms with Crippen molar-refractivity contribution in [3.8, 4) is 11.5 Å². The van der Waals surface area contributed by atoms with E-state index in [1.54, 1.807) is 39.4 Å². The molecule has 1 aliphatic heterocycles. The van der Waals surface area contributed by atoms with Gasteiger partial charge in [0.25, 0.3) is 0 Å². The Morgan fingerprint density at radius 1 is 1.10 bits per heavy atom. The molecule has 0 aliphatic carbocycles. The van der Waals surface area contributed by atoms with Crippen LogP contribution in [0.5, 0.6) is 11.5 Å². The summed E-state index contributed by atoms with van der Waals surface area (Å²) in [5, 5.41) is 1.39. The van der Waals surface area contributed by atoms with Crippen LogP contribution in [-0.4, -0.2) is 31.1 Å². The number of H-pyrrole nitrogens is 1. The molecule has 0 spiro atoms. The van der Waals surface area contributed by atoms with Crippen molar-refractivity contribution < 1.29 is 19.0 Å². The standard InChI is InChI=1S/C13H13NO4.C12H15N/c1-8-14-10(13(15)18-8)6-9-4-5-11(16-2)12(7-9)17-3;1-3-5-10-8-13-12-9(2)6-4-7-11(10)12/h4-7H,1-3H3;4,6-8,13H,3,5H2,1-2H3/b10-6-;. The molecule has 0 unspecified atom stereocenters. The first-order valence-corrected chi connectivity index (χ1v) is 10.2. The molecular formula is C25H28N2O4. The van der Waals surface area contributed by atoms with Crippen LogP contribution in [0.4, 0.5) is 0 Å². The Morgan fingerprint density at radius 3 is 2.52 bits per heavy atom. The first-order valence-electron chi connectivity index (χ1n) is 10.2. The van der Waals surface area contributed by atoms with Gasteiger partial charge in [-0.1, -0.05) is 37.6 Å². The molecule has 0 radical (unpaired) electrons. The average Bonchev–Trinajstić information content (AvgIpc) is 3.32. The fourth-order valence-electron chi connectivity index (χ4n) is 3.46. The minimum atomic E-state index is -0.442. The maximum atomic E-state index is 11.4. The van der Waals surface area contributed by atoms with Crippen molar-refractivity contribution in [2.45, 2.75) is 33.6 Å². The van der Waals surface area contributed by atoms with Crippen LogP contribution in [0.15, 0.2) is 53.3 Å². The lowest BCUT2D eigenvalue weighted by molar-refractivity contribution is -0.130. The van der Waals surface area contributed by atoms with Crippen LogP contribution in [0.3, 0.4) is 0 Å². The summed E-state index contributed by atoms with van der Waals surface area (Å²) in [4.78, 5) is 18.7. The second-order valence-corrected chi connectivity index (χ2v) is 7.23. The number of nitrogens with zero attached hydrogens (tertiary/aromatic N) is 1. The summed E-state index contributed by atoms with van der Waals surface area (Å²) >= 11 is 0. The molecule has 0 bridgehead atoms. The lowest BCUT2D eigenvalue weighted by Crippen LogP contribution is -1.99. The fraction of sp³-hybridized carbons (Fsp3) is 0.280. The summed E-state index contributed by atoms with van der Waals surface area (Å²) in [5.74, 6) is 1.14. The first-order chi connectivity index (χ1) is 15.0. The molecule has 0 atom stereocenters. The number of ether oxygens (including phenoxy) is 3. The second kappa shape index (κ2) is 9.98. The highest BCUT2D eigenvalue weighted by molar-refractivity contribution is 6.06. The summed E-state index contributed by atoms with van der Waals surface area (Å²) in [6.45, 7) is 6.00. The Bertz CT molecular complexity index is 1140.